The molecule has 0 saturated carbocycles. The summed E-state index contributed by atoms with van der Waals surface area (Å²) in [5.74, 6) is 0. The van der Waals surface area contributed by atoms with E-state index in [0.717, 1.165) is 44.4 Å². The number of hydrogen-bond donors (Lipinski definition) is 1. The highest BCUT2D eigenvalue weighted by Crippen LogP contribution is 2.43. The first kappa shape index (κ1) is 22.6. The topological polar surface area (TPSA) is 25.2 Å². The van der Waals surface area contributed by atoms with Crippen molar-refractivity contribution in [2.45, 2.75) is 0 Å². The van der Waals surface area contributed by atoms with Crippen molar-refractivity contribution in [1.82, 2.24) is 0 Å². The van der Waals surface area contributed by atoms with Gasteiger partial charge in [0.25, 0.3) is 0 Å². The number of para-hydroxylation sites is 1. The fourth-order valence-corrected chi connectivity index (χ4v) is 5.87. The molecule has 8 rings (SSSR count). The molecule has 1 aromatic heterocycles. The largest absolute Gasteiger partial charge is 0.455 e. The van der Waals surface area contributed by atoms with E-state index in [1.165, 1.54) is 32.7 Å². The van der Waals surface area contributed by atoms with Gasteiger partial charge in [-0.15, -0.1) is 0 Å². The third-order valence-electron chi connectivity index (χ3n) is 7.85. The van der Waals surface area contributed by atoms with Crippen LogP contribution in [-0.4, -0.2) is 0 Å². The average molecular weight is 512 g/mol. The van der Waals surface area contributed by atoms with E-state index >= 15 is 0 Å². The van der Waals surface area contributed by atoms with Crippen molar-refractivity contribution in [3.05, 3.63) is 146 Å². The Hall–Kier alpha value is -5.34. The van der Waals surface area contributed by atoms with Crippen molar-refractivity contribution in [2.24, 2.45) is 0 Å². The van der Waals surface area contributed by atoms with E-state index in [0.29, 0.717) is 0 Å². The Labute approximate surface area is 232 Å². The summed E-state index contributed by atoms with van der Waals surface area (Å²) in [5.41, 5.74) is 8.47. The Morgan fingerprint density at radius 2 is 1.15 bits per heavy atom. The van der Waals surface area contributed by atoms with Gasteiger partial charge >= 0.3 is 0 Å². The second kappa shape index (κ2) is 9.14. The minimum atomic E-state index is 0.898. The molecule has 0 aliphatic carbocycles. The van der Waals surface area contributed by atoms with Gasteiger partial charge in [-0.2, -0.15) is 0 Å². The van der Waals surface area contributed by atoms with Crippen molar-refractivity contribution in [3.63, 3.8) is 0 Å². The number of rotatable bonds is 4. The van der Waals surface area contributed by atoms with Crippen LogP contribution < -0.4 is 5.32 Å². The van der Waals surface area contributed by atoms with E-state index in [1.54, 1.807) is 0 Å². The Kier molecular flexibility index (Phi) is 5.17. The third-order valence-corrected chi connectivity index (χ3v) is 7.85. The van der Waals surface area contributed by atoms with Gasteiger partial charge in [0.15, 0.2) is 0 Å². The molecule has 1 N–H and O–H groups in total. The Bertz CT molecular complexity index is 2180. The van der Waals surface area contributed by atoms with Crippen LogP contribution in [0, 0.1) is 0 Å². The number of hydrogen-bond acceptors (Lipinski definition) is 2. The fourth-order valence-electron chi connectivity index (χ4n) is 5.87. The van der Waals surface area contributed by atoms with Gasteiger partial charge in [-0.3, -0.25) is 0 Å². The minimum Gasteiger partial charge on any atom is -0.455 e. The summed E-state index contributed by atoms with van der Waals surface area (Å²) in [6.07, 6.45) is 0. The van der Waals surface area contributed by atoms with E-state index in [-0.39, 0.29) is 0 Å². The van der Waals surface area contributed by atoms with E-state index in [9.17, 15) is 0 Å². The van der Waals surface area contributed by atoms with Gasteiger partial charge in [0.05, 0.1) is 5.69 Å². The third kappa shape index (κ3) is 3.73. The summed E-state index contributed by atoms with van der Waals surface area (Å²) in [6.45, 7) is 0. The van der Waals surface area contributed by atoms with Crippen LogP contribution in [0.25, 0.3) is 65.7 Å². The van der Waals surface area contributed by atoms with E-state index in [2.05, 4.69) is 139 Å². The van der Waals surface area contributed by atoms with E-state index in [1.807, 2.05) is 12.1 Å². The first-order valence-electron chi connectivity index (χ1n) is 13.6. The highest BCUT2D eigenvalue weighted by molar-refractivity contribution is 6.15. The van der Waals surface area contributed by atoms with Gasteiger partial charge in [-0.25, -0.2) is 0 Å². The lowest BCUT2D eigenvalue weighted by molar-refractivity contribution is 0.670. The molecule has 2 nitrogen and oxygen atoms in total. The summed E-state index contributed by atoms with van der Waals surface area (Å²) in [6, 6.07) is 51.4. The summed E-state index contributed by atoms with van der Waals surface area (Å²) in [4.78, 5) is 0. The number of fused-ring (bicyclic) bond motifs is 5. The van der Waals surface area contributed by atoms with Gasteiger partial charge in [-0.05, 0) is 74.6 Å². The first-order chi connectivity index (χ1) is 19.8. The highest BCUT2D eigenvalue weighted by atomic mass is 16.3. The summed E-state index contributed by atoms with van der Waals surface area (Å²) in [5, 5.41) is 10.9. The first-order valence-corrected chi connectivity index (χ1v) is 13.6. The van der Waals surface area contributed by atoms with Crippen molar-refractivity contribution in [2.75, 3.05) is 5.32 Å². The van der Waals surface area contributed by atoms with E-state index < -0.39 is 0 Å². The van der Waals surface area contributed by atoms with Gasteiger partial charge in [0.1, 0.15) is 11.2 Å². The minimum absolute atomic E-state index is 0.898. The number of benzene rings is 7. The predicted octanol–water partition coefficient (Wildman–Crippen LogP) is 11.0. The molecule has 0 unspecified atom stereocenters. The molecule has 7 aromatic carbocycles. The zero-order valence-corrected chi connectivity index (χ0v) is 21.8. The van der Waals surface area contributed by atoms with Crippen LogP contribution in [0.1, 0.15) is 0 Å². The monoisotopic (exact) mass is 511 g/mol. The van der Waals surface area contributed by atoms with Gasteiger partial charge < -0.3 is 9.73 Å². The molecule has 0 aliphatic rings. The lowest BCUT2D eigenvalue weighted by Gasteiger charge is -2.15. The van der Waals surface area contributed by atoms with Crippen LogP contribution >= 0.6 is 0 Å². The molecular weight excluding hydrogens is 486 g/mol. The summed E-state index contributed by atoms with van der Waals surface area (Å²) < 4.78 is 6.54. The van der Waals surface area contributed by atoms with Crippen LogP contribution in [0.15, 0.2) is 150 Å². The molecule has 40 heavy (non-hydrogen) atoms. The molecule has 1 heterocycles. The lowest BCUT2D eigenvalue weighted by atomic mass is 9.95. The fraction of sp³-hybridized carbons (Fsp3) is 0. The number of nitrogens with one attached hydrogen (secondary N) is 1. The smallest absolute Gasteiger partial charge is 0.145 e. The maximum atomic E-state index is 6.54. The molecule has 0 radical (unpaired) electrons. The molecule has 2 heteroatoms. The molecule has 0 bridgehead atoms. The second-order valence-electron chi connectivity index (χ2n) is 10.3. The van der Waals surface area contributed by atoms with Gasteiger partial charge in [0.2, 0.25) is 0 Å². The maximum Gasteiger partial charge on any atom is 0.145 e. The van der Waals surface area contributed by atoms with Crippen molar-refractivity contribution < 1.29 is 4.42 Å². The Balaban J connectivity index is 1.26. The van der Waals surface area contributed by atoms with E-state index in [4.69, 9.17) is 4.42 Å². The van der Waals surface area contributed by atoms with Crippen LogP contribution in [0.5, 0.6) is 0 Å². The molecule has 8 aromatic rings. The number of furan rings is 1. The Morgan fingerprint density at radius 1 is 0.450 bits per heavy atom. The maximum absolute atomic E-state index is 6.54. The second-order valence-corrected chi connectivity index (χ2v) is 10.3. The lowest BCUT2D eigenvalue weighted by Crippen LogP contribution is -1.95. The molecule has 188 valence electrons. The van der Waals surface area contributed by atoms with Crippen LogP contribution in [-0.2, 0) is 0 Å². The molecule has 0 amide bonds. The number of anilines is 2. The molecule has 0 spiro atoms. The molecule has 0 aliphatic heterocycles. The highest BCUT2D eigenvalue weighted by Gasteiger charge is 2.18. The van der Waals surface area contributed by atoms with Gasteiger partial charge in [0, 0.05) is 22.0 Å². The van der Waals surface area contributed by atoms with Crippen molar-refractivity contribution in [3.8, 4) is 22.3 Å². The zero-order chi connectivity index (χ0) is 26.5. The summed E-state index contributed by atoms with van der Waals surface area (Å²) >= 11 is 0. The predicted molar refractivity (Wildman–Crippen MR) is 169 cm³/mol. The normalized spacial score (nSPS) is 11.5. The average Bonchev–Trinajstić information content (AvgIpc) is 3.40. The standard InChI is InChI=1S/C38H25NO/c1-2-10-28-24-29(17-16-25(28)8-1)26-18-20-30(21-19-26)39-35-23-22-34-32-13-5-6-15-36(32)40-38(34)37(35)33-14-7-11-27-9-3-4-12-31(27)33/h1-24,39H. The zero-order valence-electron chi connectivity index (χ0n) is 21.8. The molecule has 0 atom stereocenters. The van der Waals surface area contributed by atoms with Crippen molar-refractivity contribution >= 4 is 54.9 Å². The van der Waals surface area contributed by atoms with Crippen LogP contribution in [0.4, 0.5) is 11.4 Å². The molecular formula is C38H25NO. The Morgan fingerprint density at radius 3 is 2.02 bits per heavy atom. The molecule has 0 fully saturated rings. The molecule has 0 saturated heterocycles. The van der Waals surface area contributed by atoms with Crippen LogP contribution in [0.3, 0.4) is 0 Å². The summed E-state index contributed by atoms with van der Waals surface area (Å²) in [7, 11) is 0. The van der Waals surface area contributed by atoms with Crippen LogP contribution in [0.2, 0.25) is 0 Å². The SMILES string of the molecule is c1ccc2cc(-c3ccc(Nc4ccc5c(oc6ccccc65)c4-c4cccc5ccccc45)cc3)ccc2c1. The van der Waals surface area contributed by atoms with Crippen molar-refractivity contribution in [1.29, 1.82) is 0 Å². The van der Waals surface area contributed by atoms with Gasteiger partial charge in [-0.1, -0.05) is 109 Å². The quantitative estimate of drug-likeness (QED) is 0.254.